The van der Waals surface area contributed by atoms with E-state index in [9.17, 15) is 4.79 Å². The van der Waals surface area contributed by atoms with Gasteiger partial charge >= 0.3 is 5.97 Å². The van der Waals surface area contributed by atoms with Crippen molar-refractivity contribution in [2.24, 2.45) is 0 Å². The van der Waals surface area contributed by atoms with E-state index in [1.54, 1.807) is 0 Å². The molecule has 0 radical (unpaired) electrons. The molecule has 2 fully saturated rings. The maximum absolute atomic E-state index is 11.5. The van der Waals surface area contributed by atoms with Gasteiger partial charge in [0.2, 0.25) is 0 Å². The Hall–Kier alpha value is -0.610. The molecule has 2 saturated heterocycles. The van der Waals surface area contributed by atoms with Gasteiger partial charge in [0.1, 0.15) is 6.04 Å². The standard InChI is InChI=1S/C9H16N2O2/c1-2-13-9(12)8-7-4-3-6(11-7)5-10-8/h6-8,10-11H,2-5H2,1H3/t6-,7-,8-/m0/s1. The van der Waals surface area contributed by atoms with Crippen LogP contribution in [0.4, 0.5) is 0 Å². The number of esters is 1. The highest BCUT2D eigenvalue weighted by atomic mass is 16.5. The van der Waals surface area contributed by atoms with Crippen LogP contribution in [0.5, 0.6) is 0 Å². The van der Waals surface area contributed by atoms with Gasteiger partial charge in [-0.05, 0) is 19.8 Å². The zero-order valence-electron chi connectivity index (χ0n) is 7.88. The average molecular weight is 184 g/mol. The highest BCUT2D eigenvalue weighted by Crippen LogP contribution is 2.19. The zero-order chi connectivity index (χ0) is 9.26. The quantitative estimate of drug-likeness (QED) is 0.576. The lowest BCUT2D eigenvalue weighted by atomic mass is 10.1. The summed E-state index contributed by atoms with van der Waals surface area (Å²) >= 11 is 0. The number of nitrogens with one attached hydrogen (secondary N) is 2. The van der Waals surface area contributed by atoms with Crippen LogP contribution in [0.25, 0.3) is 0 Å². The predicted molar refractivity (Wildman–Crippen MR) is 48.4 cm³/mol. The van der Waals surface area contributed by atoms with E-state index in [-0.39, 0.29) is 18.1 Å². The van der Waals surface area contributed by atoms with E-state index in [0.29, 0.717) is 12.6 Å². The highest BCUT2D eigenvalue weighted by Gasteiger charge is 2.39. The van der Waals surface area contributed by atoms with E-state index in [2.05, 4.69) is 10.6 Å². The number of rotatable bonds is 2. The molecule has 2 heterocycles. The van der Waals surface area contributed by atoms with Crippen molar-refractivity contribution in [3.63, 3.8) is 0 Å². The van der Waals surface area contributed by atoms with E-state index in [0.717, 1.165) is 13.0 Å². The smallest absolute Gasteiger partial charge is 0.324 e. The zero-order valence-corrected chi connectivity index (χ0v) is 7.88. The Balaban J connectivity index is 1.95. The van der Waals surface area contributed by atoms with E-state index in [4.69, 9.17) is 4.74 Å². The molecule has 0 saturated carbocycles. The molecule has 2 N–H and O–H groups in total. The fraction of sp³-hybridized carbons (Fsp3) is 0.889. The first kappa shape index (κ1) is 8.97. The van der Waals surface area contributed by atoms with Crippen LogP contribution in [-0.4, -0.2) is 37.2 Å². The molecule has 0 amide bonds. The first-order valence-electron chi connectivity index (χ1n) is 4.97. The summed E-state index contributed by atoms with van der Waals surface area (Å²) in [5.41, 5.74) is 0. The summed E-state index contributed by atoms with van der Waals surface area (Å²) < 4.78 is 4.99. The lowest BCUT2D eigenvalue weighted by molar-refractivity contribution is -0.146. The Morgan fingerprint density at radius 3 is 3.15 bits per heavy atom. The number of carbonyl (C=O) groups excluding carboxylic acids is 1. The van der Waals surface area contributed by atoms with Crippen LogP contribution < -0.4 is 10.6 Å². The van der Waals surface area contributed by atoms with Gasteiger partial charge in [0, 0.05) is 18.6 Å². The van der Waals surface area contributed by atoms with Crippen LogP contribution in [-0.2, 0) is 9.53 Å². The molecular weight excluding hydrogens is 168 g/mol. The highest BCUT2D eigenvalue weighted by molar-refractivity contribution is 5.77. The molecule has 4 nitrogen and oxygen atoms in total. The van der Waals surface area contributed by atoms with Gasteiger partial charge in [0.25, 0.3) is 0 Å². The minimum Gasteiger partial charge on any atom is -0.465 e. The van der Waals surface area contributed by atoms with E-state index in [1.807, 2.05) is 6.92 Å². The van der Waals surface area contributed by atoms with Gasteiger partial charge in [-0.2, -0.15) is 0 Å². The Morgan fingerprint density at radius 1 is 1.54 bits per heavy atom. The maximum Gasteiger partial charge on any atom is 0.324 e. The topological polar surface area (TPSA) is 50.4 Å². The van der Waals surface area contributed by atoms with Crippen LogP contribution in [0.3, 0.4) is 0 Å². The molecule has 0 spiro atoms. The Kier molecular flexibility index (Phi) is 2.51. The molecule has 0 aromatic rings. The van der Waals surface area contributed by atoms with Crippen LogP contribution in [0.2, 0.25) is 0 Å². The summed E-state index contributed by atoms with van der Waals surface area (Å²) in [7, 11) is 0. The molecule has 0 unspecified atom stereocenters. The van der Waals surface area contributed by atoms with Crippen molar-refractivity contribution in [3.8, 4) is 0 Å². The fourth-order valence-electron chi connectivity index (χ4n) is 2.17. The predicted octanol–water partition coefficient (Wildman–Crippen LogP) is -0.358. The van der Waals surface area contributed by atoms with Crippen molar-refractivity contribution in [2.45, 2.75) is 37.9 Å². The second-order valence-electron chi connectivity index (χ2n) is 3.69. The normalized spacial score (nSPS) is 37.5. The van der Waals surface area contributed by atoms with Crippen LogP contribution in [0, 0.1) is 0 Å². The van der Waals surface area contributed by atoms with Crippen LogP contribution >= 0.6 is 0 Å². The SMILES string of the molecule is CCOC(=O)[C@H]1NC[C@@H]2CC[C@@H]1N2. The van der Waals surface area contributed by atoms with Crippen LogP contribution in [0.15, 0.2) is 0 Å². The second kappa shape index (κ2) is 3.64. The molecular formula is C9H16N2O2. The summed E-state index contributed by atoms with van der Waals surface area (Å²) in [5, 5.41) is 6.65. The summed E-state index contributed by atoms with van der Waals surface area (Å²) in [4.78, 5) is 11.5. The van der Waals surface area contributed by atoms with Crippen molar-refractivity contribution in [1.82, 2.24) is 10.6 Å². The molecule has 0 aliphatic carbocycles. The summed E-state index contributed by atoms with van der Waals surface area (Å²) in [6.45, 7) is 3.19. The molecule has 2 bridgehead atoms. The monoisotopic (exact) mass is 184 g/mol. The molecule has 0 aromatic heterocycles. The number of hydrogen-bond acceptors (Lipinski definition) is 4. The Labute approximate surface area is 78.0 Å². The van der Waals surface area contributed by atoms with E-state index in [1.165, 1.54) is 6.42 Å². The molecule has 0 aromatic carbocycles. The molecule has 74 valence electrons. The number of carbonyl (C=O) groups is 1. The number of ether oxygens (including phenoxy) is 1. The maximum atomic E-state index is 11.5. The Bertz CT molecular complexity index is 208. The Morgan fingerprint density at radius 2 is 2.38 bits per heavy atom. The first-order chi connectivity index (χ1) is 6.31. The van der Waals surface area contributed by atoms with Crippen molar-refractivity contribution in [3.05, 3.63) is 0 Å². The minimum atomic E-state index is -0.126. The summed E-state index contributed by atoms with van der Waals surface area (Å²) in [6, 6.07) is 0.729. The fourth-order valence-corrected chi connectivity index (χ4v) is 2.17. The van der Waals surface area contributed by atoms with E-state index < -0.39 is 0 Å². The lowest BCUT2D eigenvalue weighted by Gasteiger charge is -2.29. The van der Waals surface area contributed by atoms with Gasteiger partial charge in [0.15, 0.2) is 0 Å². The minimum absolute atomic E-state index is 0.111. The third kappa shape index (κ3) is 1.69. The van der Waals surface area contributed by atoms with Crippen LogP contribution in [0.1, 0.15) is 19.8 Å². The van der Waals surface area contributed by atoms with Gasteiger partial charge in [-0.1, -0.05) is 0 Å². The first-order valence-corrected chi connectivity index (χ1v) is 4.97. The second-order valence-corrected chi connectivity index (χ2v) is 3.69. The molecule has 3 atom stereocenters. The largest absolute Gasteiger partial charge is 0.465 e. The van der Waals surface area contributed by atoms with Crippen molar-refractivity contribution in [1.29, 1.82) is 0 Å². The lowest BCUT2D eigenvalue weighted by Crippen LogP contribution is -2.59. The third-order valence-corrected chi connectivity index (χ3v) is 2.80. The molecule has 2 aliphatic rings. The van der Waals surface area contributed by atoms with Gasteiger partial charge in [-0.25, -0.2) is 0 Å². The number of fused-ring (bicyclic) bond motifs is 2. The average Bonchev–Trinajstić information content (AvgIpc) is 2.48. The summed E-state index contributed by atoms with van der Waals surface area (Å²) in [5.74, 6) is -0.111. The van der Waals surface area contributed by atoms with Crippen molar-refractivity contribution in [2.75, 3.05) is 13.2 Å². The van der Waals surface area contributed by atoms with Gasteiger partial charge in [-0.15, -0.1) is 0 Å². The molecule has 4 heteroatoms. The number of piperazine rings is 1. The van der Waals surface area contributed by atoms with Crippen molar-refractivity contribution >= 4 is 5.97 Å². The third-order valence-electron chi connectivity index (χ3n) is 2.80. The summed E-state index contributed by atoms with van der Waals surface area (Å²) in [6.07, 6.45) is 2.26. The van der Waals surface area contributed by atoms with Gasteiger partial charge in [-0.3, -0.25) is 4.79 Å². The number of hydrogen-bond donors (Lipinski definition) is 2. The van der Waals surface area contributed by atoms with Crippen molar-refractivity contribution < 1.29 is 9.53 Å². The van der Waals surface area contributed by atoms with E-state index >= 15 is 0 Å². The molecule has 2 rings (SSSR count). The van der Waals surface area contributed by atoms with Gasteiger partial charge < -0.3 is 15.4 Å². The molecule has 13 heavy (non-hydrogen) atoms. The molecule has 2 aliphatic heterocycles. The van der Waals surface area contributed by atoms with Gasteiger partial charge in [0.05, 0.1) is 6.61 Å².